The molecule has 0 unspecified atom stereocenters. The maximum Gasteiger partial charge on any atom is 0.281 e. The van der Waals surface area contributed by atoms with Crippen molar-refractivity contribution in [2.45, 2.75) is 57.7 Å². The van der Waals surface area contributed by atoms with E-state index >= 15 is 0 Å². The van der Waals surface area contributed by atoms with Crippen molar-refractivity contribution in [2.24, 2.45) is 0 Å². The van der Waals surface area contributed by atoms with Gasteiger partial charge in [-0.3, -0.25) is 4.98 Å². The topological polar surface area (TPSA) is 97.8 Å². The van der Waals surface area contributed by atoms with Gasteiger partial charge in [0.2, 0.25) is 11.8 Å². The summed E-state index contributed by atoms with van der Waals surface area (Å²) in [6.07, 6.45) is 6.03. The van der Waals surface area contributed by atoms with Crippen molar-refractivity contribution < 1.29 is 17.9 Å². The third-order valence-corrected chi connectivity index (χ3v) is 7.84. The molecule has 0 radical (unpaired) electrons. The Morgan fingerprint density at radius 1 is 1.07 bits per heavy atom. The highest BCUT2D eigenvalue weighted by Gasteiger charge is 2.48. The molecule has 4 rings (SSSR count). The molecule has 9 nitrogen and oxygen atoms in total. The zero-order chi connectivity index (χ0) is 21.5. The molecule has 0 aliphatic carbocycles. The smallest absolute Gasteiger partial charge is 0.281 e. The summed E-state index contributed by atoms with van der Waals surface area (Å²) in [5.41, 5.74) is 1.47. The molecular formula is C20H27N5O4S. The van der Waals surface area contributed by atoms with Gasteiger partial charge in [-0.2, -0.15) is 17.0 Å². The van der Waals surface area contributed by atoms with Gasteiger partial charge in [-0.15, -0.1) is 0 Å². The zero-order valence-electron chi connectivity index (χ0n) is 17.6. The molecule has 10 heteroatoms. The summed E-state index contributed by atoms with van der Waals surface area (Å²) in [6, 6.07) is 3.55. The summed E-state index contributed by atoms with van der Waals surface area (Å²) in [5.74, 6) is 1.52. The Bertz CT molecular complexity index is 1020. The van der Waals surface area contributed by atoms with E-state index in [9.17, 15) is 8.42 Å². The molecule has 2 aliphatic rings. The summed E-state index contributed by atoms with van der Waals surface area (Å²) >= 11 is 0. The van der Waals surface area contributed by atoms with Crippen LogP contribution < -0.4 is 9.47 Å². The number of piperidine rings is 1. The Labute approximate surface area is 177 Å². The minimum atomic E-state index is -3.43. The number of hydrogen-bond donors (Lipinski definition) is 0. The summed E-state index contributed by atoms with van der Waals surface area (Å²) in [6.45, 7) is 3.73. The molecule has 2 atom stereocenters. The fourth-order valence-electron chi connectivity index (χ4n) is 4.23. The van der Waals surface area contributed by atoms with Gasteiger partial charge in [0.05, 0.1) is 11.3 Å². The lowest BCUT2D eigenvalue weighted by Crippen LogP contribution is -2.52. The van der Waals surface area contributed by atoms with Crippen LogP contribution in [0.1, 0.15) is 36.9 Å². The summed E-state index contributed by atoms with van der Waals surface area (Å²) in [7, 11) is -0.273. The third-order valence-electron chi connectivity index (χ3n) is 5.79. The Balaban J connectivity index is 1.49. The predicted octanol–water partition coefficient (Wildman–Crippen LogP) is 2.46. The normalized spacial score (nSPS) is 24.2. The van der Waals surface area contributed by atoms with Crippen LogP contribution >= 0.6 is 0 Å². The van der Waals surface area contributed by atoms with Crippen molar-refractivity contribution in [3.8, 4) is 17.5 Å². The number of aryl methyl sites for hydroxylation is 1. The van der Waals surface area contributed by atoms with Crippen LogP contribution in [-0.2, 0) is 10.2 Å². The summed E-state index contributed by atoms with van der Waals surface area (Å²) < 4.78 is 40.5. The number of fused-ring (bicyclic) bond motifs is 2. The van der Waals surface area contributed by atoms with Crippen LogP contribution in [0.5, 0.6) is 17.5 Å². The van der Waals surface area contributed by atoms with Gasteiger partial charge in [-0.1, -0.05) is 0 Å². The average Bonchev–Trinajstić information content (AvgIpc) is 2.98. The lowest BCUT2D eigenvalue weighted by atomic mass is 10.0. The Morgan fingerprint density at radius 3 is 2.37 bits per heavy atom. The molecule has 2 saturated heterocycles. The minimum Gasteiger partial charge on any atom is -0.474 e. The maximum absolute atomic E-state index is 12.7. The highest BCUT2D eigenvalue weighted by molar-refractivity contribution is 7.86. The first kappa shape index (κ1) is 21.0. The van der Waals surface area contributed by atoms with Crippen molar-refractivity contribution in [3.63, 3.8) is 0 Å². The van der Waals surface area contributed by atoms with Gasteiger partial charge in [-0.05, 0) is 38.8 Å². The highest BCUT2D eigenvalue weighted by atomic mass is 32.2. The van der Waals surface area contributed by atoms with Gasteiger partial charge in [0, 0.05) is 45.2 Å². The minimum absolute atomic E-state index is 0.0444. The Hall–Kier alpha value is -2.30. The molecule has 2 fully saturated rings. The highest BCUT2D eigenvalue weighted by Crippen LogP contribution is 2.40. The van der Waals surface area contributed by atoms with Crippen LogP contribution in [0.2, 0.25) is 0 Å². The molecule has 0 N–H and O–H groups in total. The first-order chi connectivity index (χ1) is 14.3. The summed E-state index contributed by atoms with van der Waals surface area (Å²) in [4.78, 5) is 12.8. The van der Waals surface area contributed by atoms with E-state index in [1.165, 1.54) is 10.6 Å². The van der Waals surface area contributed by atoms with E-state index in [2.05, 4.69) is 15.0 Å². The SMILES string of the molecule is Cc1ncccc1Oc1ncnc(OC2C[C@@H]3CC[C@@H](C2)N3S(=O)(=O)N(C)C)c1C. The number of aromatic nitrogens is 3. The Kier molecular flexibility index (Phi) is 5.65. The second-order valence-corrected chi connectivity index (χ2v) is 10.1. The molecule has 0 amide bonds. The molecule has 30 heavy (non-hydrogen) atoms. The number of pyridine rings is 1. The van der Waals surface area contributed by atoms with Crippen molar-refractivity contribution in [3.05, 3.63) is 35.9 Å². The maximum atomic E-state index is 12.7. The fraction of sp³-hybridized carbons (Fsp3) is 0.550. The van der Waals surface area contributed by atoms with Gasteiger partial charge >= 0.3 is 0 Å². The second kappa shape index (κ2) is 8.09. The monoisotopic (exact) mass is 433 g/mol. The van der Waals surface area contributed by atoms with E-state index < -0.39 is 10.2 Å². The fourth-order valence-corrected chi connectivity index (χ4v) is 5.74. The summed E-state index contributed by atoms with van der Waals surface area (Å²) in [5, 5.41) is 0. The van der Waals surface area contributed by atoms with E-state index in [1.54, 1.807) is 24.6 Å². The number of rotatable bonds is 6. The van der Waals surface area contributed by atoms with E-state index in [0.29, 0.717) is 35.9 Å². The first-order valence-corrected chi connectivity index (χ1v) is 11.5. The molecule has 0 saturated carbocycles. The number of hydrogen-bond acceptors (Lipinski definition) is 7. The molecule has 2 aliphatic heterocycles. The first-order valence-electron chi connectivity index (χ1n) is 10.1. The van der Waals surface area contributed by atoms with Crippen LogP contribution in [0.15, 0.2) is 24.7 Å². The number of ether oxygens (including phenoxy) is 2. The van der Waals surface area contributed by atoms with Crippen LogP contribution in [-0.4, -0.2) is 64.3 Å². The van der Waals surface area contributed by atoms with Crippen LogP contribution in [0.25, 0.3) is 0 Å². The molecule has 2 aromatic heterocycles. The average molecular weight is 434 g/mol. The van der Waals surface area contributed by atoms with E-state index in [1.807, 2.05) is 26.0 Å². The lowest BCUT2D eigenvalue weighted by molar-refractivity contribution is 0.0882. The van der Waals surface area contributed by atoms with Crippen molar-refractivity contribution in [2.75, 3.05) is 14.1 Å². The van der Waals surface area contributed by atoms with E-state index in [4.69, 9.17) is 9.47 Å². The van der Waals surface area contributed by atoms with Crippen molar-refractivity contribution in [1.29, 1.82) is 0 Å². The van der Waals surface area contributed by atoms with Crippen LogP contribution in [0, 0.1) is 13.8 Å². The Morgan fingerprint density at radius 2 is 1.73 bits per heavy atom. The molecule has 162 valence electrons. The van der Waals surface area contributed by atoms with Gasteiger partial charge in [0.15, 0.2) is 5.75 Å². The van der Waals surface area contributed by atoms with E-state index in [-0.39, 0.29) is 18.2 Å². The zero-order valence-corrected chi connectivity index (χ0v) is 18.5. The lowest BCUT2D eigenvalue weighted by Gasteiger charge is -2.38. The molecular weight excluding hydrogens is 406 g/mol. The quantitative estimate of drug-likeness (QED) is 0.690. The van der Waals surface area contributed by atoms with E-state index in [0.717, 1.165) is 18.5 Å². The number of nitrogens with zero attached hydrogens (tertiary/aromatic N) is 5. The van der Waals surface area contributed by atoms with Crippen molar-refractivity contribution >= 4 is 10.2 Å². The molecule has 0 spiro atoms. The molecule has 0 aromatic carbocycles. The molecule has 2 aromatic rings. The third kappa shape index (κ3) is 3.86. The standard InChI is InChI=1S/C20H27N5O4S/c1-13-19(22-12-23-20(13)29-18-6-5-9-21-14(18)2)28-17-10-15-7-8-16(11-17)25(15)30(26,27)24(3)4/h5-6,9,12,15-17H,7-8,10-11H2,1-4H3/t15-,16-/m0/s1. The van der Waals surface area contributed by atoms with Crippen LogP contribution in [0.3, 0.4) is 0 Å². The predicted molar refractivity (Wildman–Crippen MR) is 111 cm³/mol. The molecule has 4 heterocycles. The second-order valence-electron chi connectivity index (χ2n) is 8.01. The largest absolute Gasteiger partial charge is 0.474 e. The van der Waals surface area contributed by atoms with Gasteiger partial charge < -0.3 is 9.47 Å². The van der Waals surface area contributed by atoms with Crippen molar-refractivity contribution in [1.82, 2.24) is 23.6 Å². The van der Waals surface area contributed by atoms with Gasteiger partial charge in [0.25, 0.3) is 10.2 Å². The van der Waals surface area contributed by atoms with Crippen LogP contribution in [0.4, 0.5) is 0 Å². The van der Waals surface area contributed by atoms with Gasteiger partial charge in [0.1, 0.15) is 12.4 Å². The van der Waals surface area contributed by atoms with Gasteiger partial charge in [-0.25, -0.2) is 9.97 Å². The molecule has 2 bridgehead atoms.